The van der Waals surface area contributed by atoms with Gasteiger partial charge in [0.1, 0.15) is 23.4 Å². The fraction of sp³-hybridized carbons (Fsp3) is 0.364. The molecule has 2 heterocycles. The molecule has 1 N–H and O–H groups in total. The minimum atomic E-state index is -0.965. The summed E-state index contributed by atoms with van der Waals surface area (Å²) < 4.78 is 24.4. The first-order valence-corrected chi connectivity index (χ1v) is 10.1. The normalized spacial score (nSPS) is 19.5. The molecule has 3 amide bonds. The second kappa shape index (κ2) is 8.81. The quantitative estimate of drug-likeness (QED) is 0.712. The molecule has 1 unspecified atom stereocenters. The van der Waals surface area contributed by atoms with Gasteiger partial charge in [-0.25, -0.2) is 14.1 Å². The van der Waals surface area contributed by atoms with Crippen LogP contribution in [0.15, 0.2) is 42.5 Å². The third-order valence-corrected chi connectivity index (χ3v) is 5.67. The number of urea groups is 1. The number of nitrogens with zero attached hydrogens (tertiary/aromatic N) is 3. The number of hydrogen-bond donors (Lipinski definition) is 1. The predicted octanol–water partition coefficient (Wildman–Crippen LogP) is 2.22. The average Bonchev–Trinajstić information content (AvgIpc) is 3.07. The molecule has 0 spiro atoms. The van der Waals surface area contributed by atoms with E-state index < -0.39 is 23.8 Å². The number of benzene rings is 2. The van der Waals surface area contributed by atoms with Gasteiger partial charge in [-0.1, -0.05) is 12.1 Å². The van der Waals surface area contributed by atoms with E-state index in [1.807, 2.05) is 24.3 Å². The predicted molar refractivity (Wildman–Crippen MR) is 113 cm³/mol. The van der Waals surface area contributed by atoms with E-state index in [4.69, 9.17) is 9.47 Å². The van der Waals surface area contributed by atoms with Crippen LogP contribution in [-0.2, 0) is 4.79 Å². The molecule has 0 aromatic heterocycles. The highest BCUT2D eigenvalue weighted by Crippen LogP contribution is 2.31. The van der Waals surface area contributed by atoms with E-state index in [1.165, 1.54) is 30.2 Å². The number of anilines is 1. The Labute approximate surface area is 180 Å². The average molecular weight is 428 g/mol. The van der Waals surface area contributed by atoms with Crippen LogP contribution in [0.2, 0.25) is 0 Å². The highest BCUT2D eigenvalue weighted by molar-refractivity contribution is 6.04. The number of halogens is 1. The summed E-state index contributed by atoms with van der Waals surface area (Å²) in [6, 6.07) is 10.3. The Hall–Kier alpha value is -3.33. The summed E-state index contributed by atoms with van der Waals surface area (Å²) in [4.78, 5) is 30.9. The molecule has 0 bridgehead atoms. The minimum absolute atomic E-state index is 0.179. The van der Waals surface area contributed by atoms with Crippen molar-refractivity contribution >= 4 is 17.6 Å². The molecule has 0 saturated carbocycles. The van der Waals surface area contributed by atoms with Crippen LogP contribution in [-0.4, -0.2) is 68.8 Å². The molecule has 164 valence electrons. The number of piperazine rings is 1. The Kier molecular flexibility index (Phi) is 5.94. The molecule has 0 radical (unpaired) electrons. The molecule has 31 heavy (non-hydrogen) atoms. The molecule has 9 heteroatoms. The van der Waals surface area contributed by atoms with Gasteiger partial charge in [-0.05, 0) is 30.3 Å². The van der Waals surface area contributed by atoms with Crippen LogP contribution in [0.5, 0.6) is 11.5 Å². The fourth-order valence-corrected chi connectivity index (χ4v) is 4.02. The maximum absolute atomic E-state index is 13.7. The van der Waals surface area contributed by atoms with Gasteiger partial charge in [-0.2, -0.15) is 0 Å². The number of amides is 3. The van der Waals surface area contributed by atoms with Crippen molar-refractivity contribution in [2.75, 3.05) is 52.0 Å². The van der Waals surface area contributed by atoms with E-state index in [-0.39, 0.29) is 6.67 Å². The first kappa shape index (κ1) is 20.9. The summed E-state index contributed by atoms with van der Waals surface area (Å²) in [5.41, 5.74) is 1.34. The Morgan fingerprint density at radius 3 is 2.42 bits per heavy atom. The number of nitrogens with one attached hydrogen (secondary N) is 1. The zero-order chi connectivity index (χ0) is 22.0. The van der Waals surface area contributed by atoms with Crippen molar-refractivity contribution in [1.29, 1.82) is 0 Å². The van der Waals surface area contributed by atoms with Gasteiger partial charge in [0.25, 0.3) is 5.91 Å². The second-order valence-corrected chi connectivity index (χ2v) is 7.45. The monoisotopic (exact) mass is 428 g/mol. The zero-order valence-electron chi connectivity index (χ0n) is 17.5. The fourth-order valence-electron chi connectivity index (χ4n) is 4.02. The van der Waals surface area contributed by atoms with E-state index in [1.54, 1.807) is 7.11 Å². The number of hydrogen-bond acceptors (Lipinski definition) is 6. The molecular weight excluding hydrogens is 403 g/mol. The van der Waals surface area contributed by atoms with Gasteiger partial charge in [0.05, 0.1) is 26.6 Å². The molecule has 2 aliphatic rings. The van der Waals surface area contributed by atoms with Crippen LogP contribution in [0.4, 0.5) is 14.9 Å². The number of carbonyl (C=O) groups excluding carboxylic acids is 2. The molecule has 2 aromatic carbocycles. The van der Waals surface area contributed by atoms with Crippen LogP contribution in [0.1, 0.15) is 11.6 Å². The first-order valence-electron chi connectivity index (χ1n) is 10.1. The minimum Gasteiger partial charge on any atom is -0.496 e. The Morgan fingerprint density at radius 2 is 1.71 bits per heavy atom. The van der Waals surface area contributed by atoms with Crippen LogP contribution >= 0.6 is 0 Å². The number of carbonyl (C=O) groups is 2. The summed E-state index contributed by atoms with van der Waals surface area (Å²) in [6.45, 7) is 3.03. The maximum atomic E-state index is 13.7. The lowest BCUT2D eigenvalue weighted by molar-refractivity contribution is -0.129. The van der Waals surface area contributed by atoms with Gasteiger partial charge < -0.3 is 19.7 Å². The van der Waals surface area contributed by atoms with E-state index in [0.717, 1.165) is 24.5 Å². The summed E-state index contributed by atoms with van der Waals surface area (Å²) in [7, 11) is 3.09. The number of para-hydroxylation sites is 2. The smallest absolute Gasteiger partial charge is 0.326 e. The van der Waals surface area contributed by atoms with Crippen molar-refractivity contribution in [3.05, 3.63) is 53.8 Å². The summed E-state index contributed by atoms with van der Waals surface area (Å²) in [5, 5.41) is 2.65. The summed E-state index contributed by atoms with van der Waals surface area (Å²) >= 11 is 0. The van der Waals surface area contributed by atoms with Gasteiger partial charge in [0.2, 0.25) is 0 Å². The van der Waals surface area contributed by atoms with Gasteiger partial charge in [0.15, 0.2) is 0 Å². The van der Waals surface area contributed by atoms with Crippen molar-refractivity contribution in [1.82, 2.24) is 15.1 Å². The van der Waals surface area contributed by atoms with E-state index in [0.29, 0.717) is 24.4 Å². The van der Waals surface area contributed by atoms with Crippen LogP contribution < -0.4 is 19.7 Å². The highest BCUT2D eigenvalue weighted by Gasteiger charge is 2.41. The van der Waals surface area contributed by atoms with Crippen molar-refractivity contribution in [2.45, 2.75) is 6.04 Å². The third kappa shape index (κ3) is 4.13. The van der Waals surface area contributed by atoms with Gasteiger partial charge in [-0.15, -0.1) is 0 Å². The SMILES string of the molecule is COc1ccc(F)cc1C1NC(=O)N(CN2CCN(c3ccccc3OC)CC2)C1=O. The number of rotatable bonds is 6. The summed E-state index contributed by atoms with van der Waals surface area (Å²) in [5.74, 6) is 0.258. The van der Waals surface area contributed by atoms with E-state index in [2.05, 4.69) is 15.1 Å². The van der Waals surface area contributed by atoms with E-state index >= 15 is 0 Å². The molecule has 1 atom stereocenters. The van der Waals surface area contributed by atoms with Crippen molar-refractivity contribution in [3.8, 4) is 11.5 Å². The lowest BCUT2D eigenvalue weighted by atomic mass is 10.1. The molecule has 4 rings (SSSR count). The molecule has 2 fully saturated rings. The van der Waals surface area contributed by atoms with Crippen molar-refractivity contribution in [2.24, 2.45) is 0 Å². The van der Waals surface area contributed by atoms with Gasteiger partial charge in [0, 0.05) is 31.7 Å². The van der Waals surface area contributed by atoms with E-state index in [9.17, 15) is 14.0 Å². The molecule has 8 nitrogen and oxygen atoms in total. The number of ether oxygens (including phenoxy) is 2. The Balaban J connectivity index is 1.41. The Morgan fingerprint density at radius 1 is 1.00 bits per heavy atom. The Bertz CT molecular complexity index is 978. The first-order chi connectivity index (χ1) is 15.0. The molecular formula is C22H25FN4O4. The van der Waals surface area contributed by atoms with Crippen LogP contribution in [0, 0.1) is 5.82 Å². The third-order valence-electron chi connectivity index (χ3n) is 5.67. The zero-order valence-corrected chi connectivity index (χ0v) is 17.5. The topological polar surface area (TPSA) is 74.3 Å². The second-order valence-electron chi connectivity index (χ2n) is 7.45. The van der Waals surface area contributed by atoms with Crippen LogP contribution in [0.3, 0.4) is 0 Å². The number of imide groups is 1. The molecule has 2 aromatic rings. The van der Waals surface area contributed by atoms with Crippen LogP contribution in [0.25, 0.3) is 0 Å². The largest absolute Gasteiger partial charge is 0.496 e. The van der Waals surface area contributed by atoms with Crippen molar-refractivity contribution < 1.29 is 23.5 Å². The highest BCUT2D eigenvalue weighted by atomic mass is 19.1. The number of methoxy groups -OCH3 is 2. The van der Waals surface area contributed by atoms with Gasteiger partial charge in [-0.3, -0.25) is 9.69 Å². The lowest BCUT2D eigenvalue weighted by Gasteiger charge is -2.37. The molecule has 2 aliphatic heterocycles. The van der Waals surface area contributed by atoms with Crippen molar-refractivity contribution in [3.63, 3.8) is 0 Å². The summed E-state index contributed by atoms with van der Waals surface area (Å²) in [6.07, 6.45) is 0. The maximum Gasteiger partial charge on any atom is 0.326 e. The van der Waals surface area contributed by atoms with Gasteiger partial charge >= 0.3 is 6.03 Å². The standard InChI is InChI=1S/C22H25FN4O4/c1-30-18-8-7-15(23)13-16(18)20-21(28)27(22(29)24-20)14-25-9-11-26(12-10-25)17-5-3-4-6-19(17)31-2/h3-8,13,20H,9-12,14H2,1-2H3,(H,24,29). The molecule has 0 aliphatic carbocycles. The lowest BCUT2D eigenvalue weighted by Crippen LogP contribution is -2.51. The molecule has 2 saturated heterocycles.